The molecule has 0 radical (unpaired) electrons. The fraction of sp³-hybridized carbons (Fsp3) is 1.00. The van der Waals surface area contributed by atoms with Crippen molar-refractivity contribution >= 4 is 35.2 Å². The molecule has 1 nitrogen and oxygen atoms in total. The van der Waals surface area contributed by atoms with Gasteiger partial charge in [0.15, 0.2) is 0 Å². The average Bonchev–Trinajstić information content (AvgIpc) is 1.97. The second-order valence-electron chi connectivity index (χ2n) is 2.80. The first-order chi connectivity index (χ1) is 4.04. The Hall–Kier alpha value is 1.04. The van der Waals surface area contributed by atoms with E-state index in [0.717, 1.165) is 0 Å². The second-order valence-corrected chi connectivity index (χ2v) is 5.20. The molecule has 0 bridgehead atoms. The van der Waals surface area contributed by atoms with Crippen molar-refractivity contribution in [2.24, 2.45) is 0 Å². The van der Waals surface area contributed by atoms with Crippen LogP contribution in [0.5, 0.6) is 0 Å². The van der Waals surface area contributed by atoms with Gasteiger partial charge in [-0.3, -0.25) is 4.90 Å². The van der Waals surface area contributed by atoms with E-state index in [1.165, 1.54) is 12.8 Å². The number of nitrogens with zero attached hydrogens (tertiary/aromatic N) is 1. The lowest BCUT2D eigenvalue weighted by molar-refractivity contribution is 0.290. The summed E-state index contributed by atoms with van der Waals surface area (Å²) in [5.41, 5.74) is 0. The topological polar surface area (TPSA) is 3.24 Å². The van der Waals surface area contributed by atoms with E-state index in [1.54, 1.807) is 0 Å². The quantitative estimate of drug-likeness (QED) is 0.301. The highest BCUT2D eigenvalue weighted by Crippen LogP contribution is 2.37. The van der Waals surface area contributed by atoms with Gasteiger partial charge in [-0.05, 0) is 26.8 Å². The molecule has 1 aliphatic heterocycles. The highest BCUT2D eigenvalue weighted by molar-refractivity contribution is 14.1. The van der Waals surface area contributed by atoms with Crippen LogP contribution in [0.25, 0.3) is 0 Å². The molecule has 0 aromatic heterocycles. The van der Waals surface area contributed by atoms with Crippen molar-refractivity contribution in [3.05, 3.63) is 0 Å². The van der Waals surface area contributed by atoms with Gasteiger partial charge in [0.05, 0.1) is 8.92 Å². The predicted octanol–water partition coefficient (Wildman–Crippen LogP) is 2.12. The summed E-state index contributed by atoms with van der Waals surface area (Å²) in [6.45, 7) is 2.18. The number of alkyl halides is 1. The van der Waals surface area contributed by atoms with Gasteiger partial charge in [-0.25, -0.2) is 0 Å². The minimum atomic E-state index is 0.145. The van der Waals surface area contributed by atoms with E-state index in [0.29, 0.717) is 4.05 Å². The van der Waals surface area contributed by atoms with Crippen molar-refractivity contribution in [2.45, 2.75) is 28.7 Å². The van der Waals surface area contributed by atoms with Crippen LogP contribution < -0.4 is 0 Å². The SMILES string of the molecule is CN1C(I)CCC1(C)S. The first-order valence-electron chi connectivity index (χ1n) is 3.13. The van der Waals surface area contributed by atoms with Crippen molar-refractivity contribution in [3.8, 4) is 0 Å². The molecule has 0 spiro atoms. The molecule has 2 unspecified atom stereocenters. The van der Waals surface area contributed by atoms with E-state index in [2.05, 4.69) is 54.1 Å². The van der Waals surface area contributed by atoms with Crippen LogP contribution in [0, 0.1) is 0 Å². The molecular formula is C6H12INS. The molecular weight excluding hydrogens is 245 g/mol. The van der Waals surface area contributed by atoms with E-state index in [-0.39, 0.29) is 4.87 Å². The molecule has 1 heterocycles. The number of rotatable bonds is 0. The zero-order valence-corrected chi connectivity index (χ0v) is 8.82. The first kappa shape index (κ1) is 8.14. The van der Waals surface area contributed by atoms with E-state index in [9.17, 15) is 0 Å². The fourth-order valence-corrected chi connectivity index (χ4v) is 2.48. The molecule has 2 atom stereocenters. The maximum atomic E-state index is 4.52. The van der Waals surface area contributed by atoms with Crippen LogP contribution in [0.15, 0.2) is 0 Å². The third kappa shape index (κ3) is 1.54. The van der Waals surface area contributed by atoms with Gasteiger partial charge in [0.2, 0.25) is 0 Å². The monoisotopic (exact) mass is 257 g/mol. The summed E-state index contributed by atoms with van der Waals surface area (Å²) in [7, 11) is 2.14. The van der Waals surface area contributed by atoms with Crippen LogP contribution in [0.3, 0.4) is 0 Å². The highest BCUT2D eigenvalue weighted by Gasteiger charge is 2.35. The molecule has 54 valence electrons. The minimum absolute atomic E-state index is 0.145. The summed E-state index contributed by atoms with van der Waals surface area (Å²) in [5.74, 6) is 0. The Morgan fingerprint density at radius 3 is 2.44 bits per heavy atom. The molecule has 0 saturated carbocycles. The predicted molar refractivity (Wildman–Crippen MR) is 52.2 cm³/mol. The lowest BCUT2D eigenvalue weighted by Gasteiger charge is -2.28. The Labute approximate surface area is 75.7 Å². The van der Waals surface area contributed by atoms with Crippen LogP contribution in [-0.4, -0.2) is 20.9 Å². The van der Waals surface area contributed by atoms with Crippen molar-refractivity contribution in [1.29, 1.82) is 0 Å². The van der Waals surface area contributed by atoms with Crippen molar-refractivity contribution in [2.75, 3.05) is 7.05 Å². The van der Waals surface area contributed by atoms with Gasteiger partial charge in [-0.1, -0.05) is 22.6 Å². The smallest absolute Gasteiger partial charge is 0.0628 e. The molecule has 0 aliphatic carbocycles. The van der Waals surface area contributed by atoms with Gasteiger partial charge in [0.25, 0.3) is 0 Å². The van der Waals surface area contributed by atoms with E-state index < -0.39 is 0 Å². The Morgan fingerprint density at radius 2 is 2.33 bits per heavy atom. The average molecular weight is 257 g/mol. The van der Waals surface area contributed by atoms with Gasteiger partial charge < -0.3 is 0 Å². The third-order valence-corrected chi connectivity index (χ3v) is 4.03. The molecule has 0 N–H and O–H groups in total. The summed E-state index contributed by atoms with van der Waals surface area (Å²) in [5, 5.41) is 0. The maximum absolute atomic E-state index is 4.52. The number of halogens is 1. The van der Waals surface area contributed by atoms with Crippen LogP contribution in [-0.2, 0) is 0 Å². The normalized spacial score (nSPS) is 46.0. The van der Waals surface area contributed by atoms with Crippen LogP contribution >= 0.6 is 35.2 Å². The first-order valence-corrected chi connectivity index (χ1v) is 4.83. The van der Waals surface area contributed by atoms with Crippen LogP contribution in [0.2, 0.25) is 0 Å². The molecule has 0 aromatic carbocycles. The second kappa shape index (κ2) is 2.58. The fourth-order valence-electron chi connectivity index (χ4n) is 1.06. The molecule has 1 fully saturated rings. The molecule has 0 aromatic rings. The summed E-state index contributed by atoms with van der Waals surface area (Å²) in [6.07, 6.45) is 2.48. The van der Waals surface area contributed by atoms with Gasteiger partial charge in [-0.2, -0.15) is 12.6 Å². The molecule has 0 amide bonds. The zero-order valence-electron chi connectivity index (χ0n) is 5.76. The van der Waals surface area contributed by atoms with Gasteiger partial charge in [0, 0.05) is 0 Å². The number of hydrogen-bond acceptors (Lipinski definition) is 2. The summed E-state index contributed by atoms with van der Waals surface area (Å²) in [6, 6.07) is 0. The Kier molecular flexibility index (Phi) is 2.34. The largest absolute Gasteiger partial charge is 0.280 e. The third-order valence-electron chi connectivity index (χ3n) is 2.04. The lowest BCUT2D eigenvalue weighted by atomic mass is 10.2. The van der Waals surface area contributed by atoms with Gasteiger partial charge >= 0.3 is 0 Å². The number of likely N-dealkylation sites (tertiary alicyclic amines) is 1. The van der Waals surface area contributed by atoms with Gasteiger partial charge in [0.1, 0.15) is 0 Å². The van der Waals surface area contributed by atoms with Crippen molar-refractivity contribution in [1.82, 2.24) is 4.90 Å². The molecule has 1 saturated heterocycles. The van der Waals surface area contributed by atoms with Crippen molar-refractivity contribution < 1.29 is 0 Å². The number of hydrogen-bond donors (Lipinski definition) is 1. The van der Waals surface area contributed by atoms with E-state index >= 15 is 0 Å². The van der Waals surface area contributed by atoms with Crippen molar-refractivity contribution in [3.63, 3.8) is 0 Å². The maximum Gasteiger partial charge on any atom is 0.0628 e. The Balaban J connectivity index is 2.62. The summed E-state index contributed by atoms with van der Waals surface area (Å²) < 4.78 is 0.685. The van der Waals surface area contributed by atoms with E-state index in [4.69, 9.17) is 0 Å². The van der Waals surface area contributed by atoms with E-state index in [1.807, 2.05) is 0 Å². The Morgan fingerprint density at radius 1 is 1.78 bits per heavy atom. The minimum Gasteiger partial charge on any atom is -0.280 e. The Bertz CT molecular complexity index is 116. The number of thiol groups is 1. The summed E-state index contributed by atoms with van der Waals surface area (Å²) in [4.78, 5) is 2.46. The van der Waals surface area contributed by atoms with Crippen LogP contribution in [0.4, 0.5) is 0 Å². The van der Waals surface area contributed by atoms with Gasteiger partial charge in [-0.15, -0.1) is 0 Å². The van der Waals surface area contributed by atoms with Crippen LogP contribution in [0.1, 0.15) is 19.8 Å². The standard InChI is InChI=1S/C6H12INS/c1-6(9)4-3-5(7)8(6)2/h5,9H,3-4H2,1-2H3. The lowest BCUT2D eigenvalue weighted by Crippen LogP contribution is -2.34. The zero-order chi connectivity index (χ0) is 7.07. The molecule has 9 heavy (non-hydrogen) atoms. The molecule has 1 rings (SSSR count). The highest BCUT2D eigenvalue weighted by atomic mass is 127. The molecule has 3 heteroatoms. The molecule has 1 aliphatic rings. The summed E-state index contributed by atoms with van der Waals surface area (Å²) >= 11 is 6.98.